The number of benzene rings is 1. The van der Waals surface area contributed by atoms with Crippen LogP contribution in [0.3, 0.4) is 0 Å². The van der Waals surface area contributed by atoms with E-state index in [1.54, 1.807) is 24.4 Å². The first-order chi connectivity index (χ1) is 16.5. The number of H-pyrrole nitrogens is 1. The number of carboxylic acids is 1. The number of hydrogen-bond donors (Lipinski definition) is 3. The van der Waals surface area contributed by atoms with Crippen molar-refractivity contribution in [1.29, 1.82) is 0 Å². The van der Waals surface area contributed by atoms with E-state index in [0.29, 0.717) is 50.5 Å². The second kappa shape index (κ2) is 13.0. The van der Waals surface area contributed by atoms with Crippen LogP contribution in [0.2, 0.25) is 0 Å². The Morgan fingerprint density at radius 3 is 2.74 bits per heavy atom. The Labute approximate surface area is 199 Å². The van der Waals surface area contributed by atoms with Crippen molar-refractivity contribution >= 4 is 17.7 Å². The van der Waals surface area contributed by atoms with Gasteiger partial charge in [0.2, 0.25) is 5.91 Å². The van der Waals surface area contributed by atoms with Gasteiger partial charge in [0.25, 0.3) is 0 Å². The second-order valence-corrected chi connectivity index (χ2v) is 8.57. The third-order valence-electron chi connectivity index (χ3n) is 5.99. The molecule has 3 N–H and O–H groups in total. The average molecular weight is 471 g/mol. The van der Waals surface area contributed by atoms with Crippen molar-refractivity contribution in [3.05, 3.63) is 41.9 Å². The molecule has 1 aliphatic heterocycles. The second-order valence-electron chi connectivity index (χ2n) is 8.57. The van der Waals surface area contributed by atoms with Gasteiger partial charge < -0.3 is 20.1 Å². The topological polar surface area (TPSA) is 125 Å². The summed E-state index contributed by atoms with van der Waals surface area (Å²) in [5.41, 5.74) is 1.61. The molecule has 1 amide bonds. The minimum Gasteiger partial charge on any atom is -0.478 e. The number of carbonyl (C=O) groups is 3. The van der Waals surface area contributed by atoms with Gasteiger partial charge in [-0.1, -0.05) is 31.9 Å². The molecule has 1 aliphatic rings. The summed E-state index contributed by atoms with van der Waals surface area (Å²) in [4.78, 5) is 45.5. The van der Waals surface area contributed by atoms with E-state index in [9.17, 15) is 19.5 Å². The molecule has 1 aromatic carbocycles. The summed E-state index contributed by atoms with van der Waals surface area (Å²) in [6.07, 6.45) is 6.11. The number of amides is 1. The lowest BCUT2D eigenvalue weighted by Gasteiger charge is -2.26. The molecule has 3 rings (SSSR count). The highest BCUT2D eigenvalue weighted by Gasteiger charge is 2.21. The molecule has 0 aliphatic carbocycles. The molecule has 1 saturated heterocycles. The molecule has 34 heavy (non-hydrogen) atoms. The van der Waals surface area contributed by atoms with Crippen LogP contribution < -0.4 is 5.32 Å². The van der Waals surface area contributed by atoms with Gasteiger partial charge in [-0.2, -0.15) is 0 Å². The van der Waals surface area contributed by atoms with Crippen molar-refractivity contribution in [3.63, 3.8) is 0 Å². The first-order valence-electron chi connectivity index (χ1n) is 12.0. The summed E-state index contributed by atoms with van der Waals surface area (Å²) >= 11 is 0. The Bertz CT molecular complexity index is 968. The van der Waals surface area contributed by atoms with Crippen molar-refractivity contribution in [2.75, 3.05) is 32.8 Å². The number of morpholine rings is 1. The maximum absolute atomic E-state index is 12.8. The molecule has 2 aromatic rings. The summed E-state index contributed by atoms with van der Waals surface area (Å²) < 4.78 is 5.35. The number of aromatic amines is 1. The van der Waals surface area contributed by atoms with Crippen molar-refractivity contribution in [3.8, 4) is 11.3 Å². The number of nitrogens with zero attached hydrogens (tertiary/aromatic N) is 2. The number of Topliss-reactive ketones (excluding diaryl/α,β-unsaturated/α-hetero) is 1. The third kappa shape index (κ3) is 7.78. The van der Waals surface area contributed by atoms with Crippen molar-refractivity contribution in [2.24, 2.45) is 0 Å². The highest BCUT2D eigenvalue weighted by Crippen LogP contribution is 2.23. The molecule has 9 nitrogen and oxygen atoms in total. The quantitative estimate of drug-likeness (QED) is 0.384. The first kappa shape index (κ1) is 25.6. The molecule has 0 bridgehead atoms. The molecule has 9 heteroatoms. The lowest BCUT2D eigenvalue weighted by Crippen LogP contribution is -2.44. The summed E-state index contributed by atoms with van der Waals surface area (Å²) in [7, 11) is 0. The lowest BCUT2D eigenvalue weighted by atomic mass is 10.0. The number of ketones is 1. The van der Waals surface area contributed by atoms with Crippen molar-refractivity contribution in [1.82, 2.24) is 20.2 Å². The van der Waals surface area contributed by atoms with Gasteiger partial charge in [-0.25, -0.2) is 9.78 Å². The summed E-state index contributed by atoms with van der Waals surface area (Å²) in [6, 6.07) is 6.35. The number of unbranched alkanes of at least 4 members (excludes halogenated alkanes) is 2. The fourth-order valence-electron chi connectivity index (χ4n) is 3.98. The number of rotatable bonds is 13. The minimum absolute atomic E-state index is 0.0705. The van der Waals surface area contributed by atoms with Crippen LogP contribution in [0.1, 0.15) is 67.7 Å². The number of aromatic carboxylic acids is 1. The normalized spacial score (nSPS) is 15.1. The van der Waals surface area contributed by atoms with E-state index in [1.165, 1.54) is 0 Å². The Hall–Kier alpha value is -3.04. The zero-order valence-electron chi connectivity index (χ0n) is 19.7. The number of ether oxygens (including phenoxy) is 1. The molecule has 1 atom stereocenters. The number of carbonyl (C=O) groups excluding carboxylic acids is 2. The average Bonchev–Trinajstić information content (AvgIpc) is 3.34. The van der Waals surface area contributed by atoms with E-state index in [2.05, 4.69) is 20.2 Å². The van der Waals surface area contributed by atoms with Crippen LogP contribution >= 0.6 is 0 Å². The maximum atomic E-state index is 12.8. The number of carboxylic acid groups (broad SMARTS) is 1. The number of hydrogen-bond acceptors (Lipinski definition) is 6. The van der Waals surface area contributed by atoms with E-state index < -0.39 is 5.97 Å². The zero-order chi connectivity index (χ0) is 24.3. The van der Waals surface area contributed by atoms with E-state index in [1.807, 2.05) is 13.0 Å². The summed E-state index contributed by atoms with van der Waals surface area (Å²) in [5.74, 6) is -0.152. The molecule has 0 spiro atoms. The van der Waals surface area contributed by atoms with Gasteiger partial charge in [-0.05, 0) is 25.0 Å². The van der Waals surface area contributed by atoms with Crippen LogP contribution in [0.5, 0.6) is 0 Å². The molecule has 184 valence electrons. The zero-order valence-corrected chi connectivity index (χ0v) is 19.7. The molecule has 1 aromatic heterocycles. The molecule has 1 fully saturated rings. The van der Waals surface area contributed by atoms with Crippen LogP contribution in [0.4, 0.5) is 0 Å². The van der Waals surface area contributed by atoms with E-state index in [0.717, 1.165) is 37.9 Å². The molecular formula is C25H34N4O5. The van der Waals surface area contributed by atoms with Gasteiger partial charge in [0.05, 0.1) is 43.3 Å². The van der Waals surface area contributed by atoms with Gasteiger partial charge in [0, 0.05) is 31.5 Å². The Kier molecular flexibility index (Phi) is 9.78. The number of imidazole rings is 1. The van der Waals surface area contributed by atoms with Crippen LogP contribution in [0.15, 0.2) is 30.5 Å². The fraction of sp³-hybridized carbons (Fsp3) is 0.520. The molecule has 2 heterocycles. The predicted molar refractivity (Wildman–Crippen MR) is 128 cm³/mol. The molecule has 0 unspecified atom stereocenters. The number of nitrogens with one attached hydrogen (secondary N) is 2. The monoisotopic (exact) mass is 470 g/mol. The van der Waals surface area contributed by atoms with Gasteiger partial charge in [-0.3, -0.25) is 14.5 Å². The fourth-order valence-corrected chi connectivity index (χ4v) is 3.98. The molecular weight excluding hydrogens is 436 g/mol. The van der Waals surface area contributed by atoms with Crippen molar-refractivity contribution in [2.45, 2.75) is 51.5 Å². The SMILES string of the molecule is CCC(=O)CCCCC[C@H](NC(=O)CN1CCOCC1)c1ncc(-c2cccc(C(=O)O)c2)[nH]1. The highest BCUT2D eigenvalue weighted by molar-refractivity contribution is 5.89. The summed E-state index contributed by atoms with van der Waals surface area (Å²) in [6.45, 7) is 4.90. The third-order valence-corrected chi connectivity index (χ3v) is 5.99. The number of aromatic nitrogens is 2. The maximum Gasteiger partial charge on any atom is 0.335 e. The summed E-state index contributed by atoms with van der Waals surface area (Å²) in [5, 5.41) is 12.4. The smallest absolute Gasteiger partial charge is 0.335 e. The highest BCUT2D eigenvalue weighted by atomic mass is 16.5. The Morgan fingerprint density at radius 2 is 2.00 bits per heavy atom. The van der Waals surface area contributed by atoms with E-state index in [4.69, 9.17) is 4.74 Å². The van der Waals surface area contributed by atoms with Gasteiger partial charge >= 0.3 is 5.97 Å². The molecule has 0 radical (unpaired) electrons. The van der Waals surface area contributed by atoms with Gasteiger partial charge in [0.1, 0.15) is 11.6 Å². The van der Waals surface area contributed by atoms with Crippen LogP contribution in [-0.4, -0.2) is 70.5 Å². The predicted octanol–water partition coefficient (Wildman–Crippen LogP) is 3.19. The lowest BCUT2D eigenvalue weighted by molar-refractivity contribution is -0.124. The first-order valence-corrected chi connectivity index (χ1v) is 12.0. The van der Waals surface area contributed by atoms with E-state index >= 15 is 0 Å². The van der Waals surface area contributed by atoms with Gasteiger partial charge in [0.15, 0.2) is 0 Å². The Morgan fingerprint density at radius 1 is 1.21 bits per heavy atom. The largest absolute Gasteiger partial charge is 0.478 e. The van der Waals surface area contributed by atoms with Crippen LogP contribution in [0.25, 0.3) is 11.3 Å². The molecule has 0 saturated carbocycles. The van der Waals surface area contributed by atoms with E-state index in [-0.39, 0.29) is 23.3 Å². The standard InChI is InChI=1S/C25H34N4O5/c1-2-20(30)9-4-3-5-10-21(27-23(31)17-29-11-13-34-14-12-29)24-26-16-22(28-24)18-7-6-8-19(15-18)25(32)33/h6-8,15-16,21H,2-5,9-14,17H2,1H3,(H,26,28)(H,27,31)(H,32,33)/t21-/m0/s1. The van der Waals surface area contributed by atoms with Crippen molar-refractivity contribution < 1.29 is 24.2 Å². The Balaban J connectivity index is 1.66. The van der Waals surface area contributed by atoms with Crippen LogP contribution in [0, 0.1) is 0 Å². The van der Waals surface area contributed by atoms with Gasteiger partial charge in [-0.15, -0.1) is 0 Å². The minimum atomic E-state index is -0.989. The van der Waals surface area contributed by atoms with Crippen LogP contribution in [-0.2, 0) is 14.3 Å².